The van der Waals surface area contributed by atoms with Crippen LogP contribution in [0.4, 0.5) is 0 Å². The second-order valence-corrected chi connectivity index (χ2v) is 9.40. The van der Waals surface area contributed by atoms with E-state index in [1.54, 1.807) is 0 Å². The topological polar surface area (TPSA) is 135 Å². The third kappa shape index (κ3) is 2.08. The molecule has 4 heterocycles. The van der Waals surface area contributed by atoms with Crippen LogP contribution in [0.5, 0.6) is 0 Å². The molecule has 10 nitrogen and oxygen atoms in total. The van der Waals surface area contributed by atoms with Gasteiger partial charge in [-0.15, -0.1) is 0 Å². The van der Waals surface area contributed by atoms with Crippen LogP contribution >= 0.6 is 0 Å². The molecule has 7 rings (SSSR count). The average molecular weight is 422 g/mol. The first-order chi connectivity index (χ1) is 15.3. The van der Waals surface area contributed by atoms with E-state index in [0.29, 0.717) is 0 Å². The molecule has 0 aliphatic heterocycles. The van der Waals surface area contributed by atoms with E-state index in [4.69, 9.17) is 19.9 Å². The SMILES string of the molecule is CC1(C)c2nc3cc4n[nH]nc4cc3nc2C(C)(C)c2nc3cc4n[nH]nc4cc3nc21. The third-order valence-electron chi connectivity index (χ3n) is 6.57. The van der Waals surface area contributed by atoms with Gasteiger partial charge in [-0.2, -0.15) is 30.8 Å². The summed E-state index contributed by atoms with van der Waals surface area (Å²) in [5, 5.41) is 22.1. The lowest BCUT2D eigenvalue weighted by Crippen LogP contribution is -2.40. The Kier molecular flexibility index (Phi) is 2.96. The highest BCUT2D eigenvalue weighted by Gasteiger charge is 2.47. The second-order valence-electron chi connectivity index (χ2n) is 9.40. The van der Waals surface area contributed by atoms with Gasteiger partial charge in [-0.3, -0.25) is 0 Å². The molecule has 1 aliphatic rings. The molecule has 0 radical (unpaired) electrons. The van der Waals surface area contributed by atoms with Gasteiger partial charge < -0.3 is 0 Å². The highest BCUT2D eigenvalue weighted by Crippen LogP contribution is 2.47. The van der Waals surface area contributed by atoms with Crippen molar-refractivity contribution < 1.29 is 0 Å². The van der Waals surface area contributed by atoms with Gasteiger partial charge in [0.1, 0.15) is 22.1 Å². The quantitative estimate of drug-likeness (QED) is 0.381. The molecule has 0 saturated heterocycles. The molecule has 0 bridgehead atoms. The number of H-pyrrole nitrogens is 2. The van der Waals surface area contributed by atoms with Crippen LogP contribution in [0.25, 0.3) is 44.1 Å². The van der Waals surface area contributed by atoms with Gasteiger partial charge in [0.25, 0.3) is 0 Å². The van der Waals surface area contributed by atoms with Crippen molar-refractivity contribution in [3.05, 3.63) is 47.0 Å². The lowest BCUT2D eigenvalue weighted by atomic mass is 9.67. The Labute approximate surface area is 180 Å². The van der Waals surface area contributed by atoms with Crippen molar-refractivity contribution in [3.8, 4) is 0 Å². The van der Waals surface area contributed by atoms with Crippen molar-refractivity contribution >= 4 is 44.1 Å². The second kappa shape index (κ2) is 5.39. The lowest BCUT2D eigenvalue weighted by molar-refractivity contribution is 0.470. The van der Waals surface area contributed by atoms with E-state index in [1.165, 1.54) is 0 Å². The number of fused-ring (bicyclic) bond motifs is 6. The van der Waals surface area contributed by atoms with E-state index in [9.17, 15) is 0 Å². The first-order valence-corrected chi connectivity index (χ1v) is 10.4. The van der Waals surface area contributed by atoms with E-state index in [0.717, 1.165) is 66.9 Å². The average Bonchev–Trinajstić information content (AvgIpc) is 3.41. The smallest absolute Gasteiger partial charge is 0.115 e. The maximum atomic E-state index is 5.08. The maximum absolute atomic E-state index is 5.08. The number of nitrogens with zero attached hydrogens (tertiary/aromatic N) is 8. The van der Waals surface area contributed by atoms with Crippen LogP contribution in [0.3, 0.4) is 0 Å². The molecule has 1 aliphatic carbocycles. The molecular weight excluding hydrogens is 404 g/mol. The highest BCUT2D eigenvalue weighted by molar-refractivity contribution is 5.92. The molecule has 10 heteroatoms. The molecule has 0 spiro atoms. The summed E-state index contributed by atoms with van der Waals surface area (Å²) < 4.78 is 0. The standard InChI is InChI=1S/C22H18N10/c1-21(2)17-19(25-11-7-15-13(27-31-29-15)5-9(11)23-17)22(3,4)20-18(21)24-10-6-14-16(30-32-28-14)8-12(10)26-20/h5-8H,1-4H3,(H,27,29,31)(H,28,30,32). The Morgan fingerprint density at radius 2 is 0.688 bits per heavy atom. The molecule has 156 valence electrons. The van der Waals surface area contributed by atoms with Crippen LogP contribution in [-0.4, -0.2) is 50.8 Å². The number of rotatable bonds is 0. The molecule has 4 aromatic heterocycles. The molecule has 2 N–H and O–H groups in total. The summed E-state index contributed by atoms with van der Waals surface area (Å²) in [5.41, 5.74) is 8.86. The maximum Gasteiger partial charge on any atom is 0.115 e. The van der Waals surface area contributed by atoms with Gasteiger partial charge in [-0.1, -0.05) is 0 Å². The van der Waals surface area contributed by atoms with Gasteiger partial charge in [0.2, 0.25) is 0 Å². The van der Waals surface area contributed by atoms with Crippen LogP contribution in [0.2, 0.25) is 0 Å². The first kappa shape index (κ1) is 17.6. The molecule has 0 atom stereocenters. The molecule has 6 aromatic rings. The normalized spacial score (nSPS) is 16.6. The molecule has 0 fully saturated rings. The summed E-state index contributed by atoms with van der Waals surface area (Å²) in [7, 11) is 0. The van der Waals surface area contributed by atoms with Crippen LogP contribution in [0, 0.1) is 0 Å². The van der Waals surface area contributed by atoms with Gasteiger partial charge >= 0.3 is 0 Å². The molecule has 0 amide bonds. The fourth-order valence-corrected chi connectivity index (χ4v) is 4.75. The van der Waals surface area contributed by atoms with Crippen molar-refractivity contribution in [3.63, 3.8) is 0 Å². The summed E-state index contributed by atoms with van der Waals surface area (Å²) >= 11 is 0. The summed E-state index contributed by atoms with van der Waals surface area (Å²) in [6.07, 6.45) is 0. The van der Waals surface area contributed by atoms with Crippen LogP contribution < -0.4 is 0 Å². The van der Waals surface area contributed by atoms with Crippen molar-refractivity contribution in [2.75, 3.05) is 0 Å². The van der Waals surface area contributed by atoms with E-state index in [-0.39, 0.29) is 0 Å². The number of nitrogens with one attached hydrogen (secondary N) is 2. The first-order valence-electron chi connectivity index (χ1n) is 10.4. The number of aromatic nitrogens is 10. The largest absolute Gasteiger partial charge is 0.248 e. The van der Waals surface area contributed by atoms with E-state index in [2.05, 4.69) is 58.5 Å². The van der Waals surface area contributed by atoms with Gasteiger partial charge in [-0.25, -0.2) is 19.9 Å². The van der Waals surface area contributed by atoms with Crippen LogP contribution in [0.1, 0.15) is 50.5 Å². The van der Waals surface area contributed by atoms with Crippen molar-refractivity contribution in [2.45, 2.75) is 38.5 Å². The highest BCUT2D eigenvalue weighted by atomic mass is 15.3. The summed E-state index contributed by atoms with van der Waals surface area (Å²) in [4.78, 5) is 20.3. The van der Waals surface area contributed by atoms with Gasteiger partial charge in [0.05, 0.1) is 55.7 Å². The summed E-state index contributed by atoms with van der Waals surface area (Å²) in [6, 6.07) is 7.70. The molecular formula is C22H18N10. The van der Waals surface area contributed by atoms with Gasteiger partial charge in [0.15, 0.2) is 0 Å². The van der Waals surface area contributed by atoms with Crippen LogP contribution in [-0.2, 0) is 10.8 Å². The molecule has 0 unspecified atom stereocenters. The molecule has 2 aromatic carbocycles. The Morgan fingerprint density at radius 3 is 0.938 bits per heavy atom. The summed E-state index contributed by atoms with van der Waals surface area (Å²) in [6.45, 7) is 8.52. The van der Waals surface area contributed by atoms with Crippen molar-refractivity contribution in [2.24, 2.45) is 0 Å². The predicted molar refractivity (Wildman–Crippen MR) is 118 cm³/mol. The minimum absolute atomic E-state index is 0.486. The minimum atomic E-state index is -0.486. The lowest BCUT2D eigenvalue weighted by Gasteiger charge is -2.40. The van der Waals surface area contributed by atoms with Crippen molar-refractivity contribution in [1.29, 1.82) is 0 Å². The number of benzene rings is 2. The third-order valence-corrected chi connectivity index (χ3v) is 6.57. The zero-order valence-electron chi connectivity index (χ0n) is 17.9. The van der Waals surface area contributed by atoms with E-state index >= 15 is 0 Å². The summed E-state index contributed by atoms with van der Waals surface area (Å²) in [5.74, 6) is 0. The monoisotopic (exact) mass is 422 g/mol. The Balaban J connectivity index is 1.57. The van der Waals surface area contributed by atoms with Crippen LogP contribution in [0.15, 0.2) is 24.3 Å². The fourth-order valence-electron chi connectivity index (χ4n) is 4.75. The molecule has 32 heavy (non-hydrogen) atoms. The van der Waals surface area contributed by atoms with Gasteiger partial charge in [-0.05, 0) is 52.0 Å². The predicted octanol–water partition coefficient (Wildman–Crippen LogP) is 3.08. The number of aromatic amines is 2. The van der Waals surface area contributed by atoms with E-state index in [1.807, 2.05) is 24.3 Å². The number of hydrogen-bond acceptors (Lipinski definition) is 8. The van der Waals surface area contributed by atoms with Crippen molar-refractivity contribution in [1.82, 2.24) is 50.8 Å². The number of hydrogen-bond donors (Lipinski definition) is 2. The zero-order chi connectivity index (χ0) is 21.8. The zero-order valence-corrected chi connectivity index (χ0v) is 17.9. The minimum Gasteiger partial charge on any atom is -0.248 e. The fraction of sp³-hybridized carbons (Fsp3) is 0.273. The Morgan fingerprint density at radius 1 is 0.438 bits per heavy atom. The van der Waals surface area contributed by atoms with E-state index < -0.39 is 10.8 Å². The Hall–Kier alpha value is -4.08. The van der Waals surface area contributed by atoms with Gasteiger partial charge in [0, 0.05) is 0 Å². The molecule has 0 saturated carbocycles. The Bertz CT molecular complexity index is 1490.